The number of benzene rings is 1. The largest absolute Gasteiger partial charge is 0.463 e. The monoisotopic (exact) mass is 279 g/mol. The maximum Gasteiger partial charge on any atom is 0.349 e. The lowest BCUT2D eigenvalue weighted by Gasteiger charge is -2.10. The molecule has 7 nitrogen and oxygen atoms in total. The number of Topliss-reactive ketones (excluding diaryl/α,β-unsaturated/α-hetero) is 1. The van der Waals surface area contributed by atoms with Crippen molar-refractivity contribution in [1.82, 2.24) is 0 Å². The van der Waals surface area contributed by atoms with Crippen LogP contribution in [0.4, 0.5) is 5.69 Å². The van der Waals surface area contributed by atoms with Crippen molar-refractivity contribution in [1.29, 1.82) is 0 Å². The quantitative estimate of drug-likeness (QED) is 0.202. The van der Waals surface area contributed by atoms with Crippen LogP contribution in [0.2, 0.25) is 0 Å². The fourth-order valence-corrected chi connectivity index (χ4v) is 1.98. The third kappa shape index (κ3) is 2.16. The standard InChI is InChI=1S/C13H13NO6/c1-3-19-12(16)13(8(2)20-13)11(15)9-4-6-10(7-5-9)14(17)18/h4-8H,3H2,1-2H3. The lowest BCUT2D eigenvalue weighted by molar-refractivity contribution is -0.384. The van der Waals surface area contributed by atoms with Crippen LogP contribution < -0.4 is 0 Å². The zero-order valence-electron chi connectivity index (χ0n) is 11.0. The summed E-state index contributed by atoms with van der Waals surface area (Å²) in [6.07, 6.45) is -0.566. The molecule has 2 unspecified atom stereocenters. The normalized spacial score (nSPS) is 24.0. The van der Waals surface area contributed by atoms with Gasteiger partial charge in [-0.2, -0.15) is 0 Å². The van der Waals surface area contributed by atoms with E-state index in [-0.39, 0.29) is 17.9 Å². The lowest BCUT2D eigenvalue weighted by atomic mass is 9.94. The molecule has 0 aromatic heterocycles. The van der Waals surface area contributed by atoms with Gasteiger partial charge in [0.15, 0.2) is 0 Å². The van der Waals surface area contributed by atoms with Gasteiger partial charge in [-0.25, -0.2) is 4.79 Å². The Morgan fingerprint density at radius 2 is 1.95 bits per heavy atom. The Morgan fingerprint density at radius 1 is 1.40 bits per heavy atom. The molecule has 0 saturated carbocycles. The number of hydrogen-bond donors (Lipinski definition) is 0. The Bertz CT molecular complexity index is 567. The summed E-state index contributed by atoms with van der Waals surface area (Å²) in [5, 5.41) is 10.6. The Morgan fingerprint density at radius 3 is 2.35 bits per heavy atom. The van der Waals surface area contributed by atoms with Gasteiger partial charge in [0.05, 0.1) is 11.5 Å². The Labute approximate surface area is 114 Å². The van der Waals surface area contributed by atoms with E-state index in [4.69, 9.17) is 9.47 Å². The molecule has 1 aromatic carbocycles. The Kier molecular flexibility index (Phi) is 3.54. The SMILES string of the molecule is CCOC(=O)C1(C(=O)c2ccc([N+](=O)[O-])cc2)OC1C. The number of nitrogens with zero attached hydrogens (tertiary/aromatic N) is 1. The van der Waals surface area contributed by atoms with Crippen molar-refractivity contribution in [3.8, 4) is 0 Å². The number of rotatable bonds is 5. The number of ether oxygens (including phenoxy) is 2. The molecule has 2 atom stereocenters. The van der Waals surface area contributed by atoms with E-state index >= 15 is 0 Å². The summed E-state index contributed by atoms with van der Waals surface area (Å²) in [5.74, 6) is -1.27. The topological polar surface area (TPSA) is 99.0 Å². The number of ketones is 1. The number of esters is 1. The third-order valence-corrected chi connectivity index (χ3v) is 3.13. The molecule has 1 aliphatic rings. The van der Waals surface area contributed by atoms with E-state index in [0.29, 0.717) is 0 Å². The minimum Gasteiger partial charge on any atom is -0.463 e. The molecule has 1 fully saturated rings. The fraction of sp³-hybridized carbons (Fsp3) is 0.385. The number of carbonyl (C=O) groups excluding carboxylic acids is 2. The highest BCUT2D eigenvalue weighted by Crippen LogP contribution is 2.40. The van der Waals surface area contributed by atoms with Gasteiger partial charge in [-0.1, -0.05) is 0 Å². The van der Waals surface area contributed by atoms with E-state index in [9.17, 15) is 19.7 Å². The summed E-state index contributed by atoms with van der Waals surface area (Å²) in [5.41, 5.74) is -1.56. The van der Waals surface area contributed by atoms with E-state index in [1.165, 1.54) is 24.3 Å². The summed E-state index contributed by atoms with van der Waals surface area (Å²) >= 11 is 0. The van der Waals surface area contributed by atoms with Crippen LogP contribution in [0.3, 0.4) is 0 Å². The Hall–Kier alpha value is -2.28. The van der Waals surface area contributed by atoms with Crippen molar-refractivity contribution >= 4 is 17.4 Å². The molecule has 0 amide bonds. The van der Waals surface area contributed by atoms with Crippen molar-refractivity contribution in [3.05, 3.63) is 39.9 Å². The maximum atomic E-state index is 12.3. The predicted molar refractivity (Wildman–Crippen MR) is 67.3 cm³/mol. The highest BCUT2D eigenvalue weighted by atomic mass is 16.7. The lowest BCUT2D eigenvalue weighted by Crippen LogP contribution is -2.38. The van der Waals surface area contributed by atoms with Crippen molar-refractivity contribution in [3.63, 3.8) is 0 Å². The van der Waals surface area contributed by atoms with E-state index < -0.39 is 28.4 Å². The molecule has 1 heterocycles. The van der Waals surface area contributed by atoms with Crippen molar-refractivity contribution < 1.29 is 24.0 Å². The number of nitro groups is 1. The molecule has 2 rings (SSSR count). The predicted octanol–water partition coefficient (Wildman–Crippen LogP) is 1.50. The average molecular weight is 279 g/mol. The van der Waals surface area contributed by atoms with Crippen LogP contribution in [0.5, 0.6) is 0 Å². The van der Waals surface area contributed by atoms with E-state index in [0.717, 1.165) is 0 Å². The molecule has 106 valence electrons. The molecule has 1 aromatic rings. The summed E-state index contributed by atoms with van der Waals surface area (Å²) in [6, 6.07) is 5.02. The number of epoxide rings is 1. The van der Waals surface area contributed by atoms with Crippen LogP contribution in [0.25, 0.3) is 0 Å². The second kappa shape index (κ2) is 5.01. The molecule has 0 bridgehead atoms. The molecule has 1 aliphatic heterocycles. The van der Waals surface area contributed by atoms with Gasteiger partial charge in [-0.3, -0.25) is 14.9 Å². The molecule has 0 N–H and O–H groups in total. The summed E-state index contributed by atoms with van der Waals surface area (Å²) in [7, 11) is 0. The minimum absolute atomic E-state index is 0.128. The van der Waals surface area contributed by atoms with Crippen LogP contribution in [0.15, 0.2) is 24.3 Å². The van der Waals surface area contributed by atoms with Gasteiger partial charge in [0.1, 0.15) is 6.10 Å². The first kappa shape index (κ1) is 14.1. The van der Waals surface area contributed by atoms with Gasteiger partial charge in [0.2, 0.25) is 5.78 Å². The summed E-state index contributed by atoms with van der Waals surface area (Å²) in [4.78, 5) is 34.2. The first-order valence-electron chi connectivity index (χ1n) is 6.07. The van der Waals surface area contributed by atoms with Crippen LogP contribution in [0.1, 0.15) is 24.2 Å². The number of carbonyl (C=O) groups is 2. The molecule has 7 heteroatoms. The van der Waals surface area contributed by atoms with Crippen molar-refractivity contribution in [2.45, 2.75) is 25.6 Å². The van der Waals surface area contributed by atoms with E-state index in [1.54, 1.807) is 13.8 Å². The van der Waals surface area contributed by atoms with Gasteiger partial charge < -0.3 is 9.47 Å². The zero-order valence-corrected chi connectivity index (χ0v) is 11.0. The van der Waals surface area contributed by atoms with E-state index in [2.05, 4.69) is 0 Å². The Balaban J connectivity index is 2.26. The van der Waals surface area contributed by atoms with Crippen LogP contribution in [-0.2, 0) is 14.3 Å². The molecular formula is C13H13NO6. The molecule has 0 radical (unpaired) electrons. The van der Waals surface area contributed by atoms with Crippen LogP contribution >= 0.6 is 0 Å². The number of hydrogen-bond acceptors (Lipinski definition) is 6. The fourth-order valence-electron chi connectivity index (χ4n) is 1.98. The number of non-ortho nitro benzene ring substituents is 1. The molecule has 1 saturated heterocycles. The minimum atomic E-state index is -1.61. The third-order valence-electron chi connectivity index (χ3n) is 3.13. The smallest absolute Gasteiger partial charge is 0.349 e. The average Bonchev–Trinajstić information content (AvgIpc) is 3.11. The first-order valence-corrected chi connectivity index (χ1v) is 6.07. The second-order valence-electron chi connectivity index (χ2n) is 4.35. The van der Waals surface area contributed by atoms with E-state index in [1.807, 2.05) is 0 Å². The van der Waals surface area contributed by atoms with Gasteiger partial charge in [-0.15, -0.1) is 0 Å². The molecular weight excluding hydrogens is 266 g/mol. The first-order chi connectivity index (χ1) is 9.43. The highest BCUT2D eigenvalue weighted by molar-refractivity contribution is 6.18. The van der Waals surface area contributed by atoms with Gasteiger partial charge in [0, 0.05) is 17.7 Å². The summed E-state index contributed by atoms with van der Waals surface area (Å²) in [6.45, 7) is 3.37. The maximum absolute atomic E-state index is 12.3. The number of nitro benzene ring substituents is 1. The highest BCUT2D eigenvalue weighted by Gasteiger charge is 2.67. The second-order valence-corrected chi connectivity index (χ2v) is 4.35. The van der Waals surface area contributed by atoms with Gasteiger partial charge >= 0.3 is 5.97 Å². The zero-order chi connectivity index (χ0) is 14.9. The molecule has 0 aliphatic carbocycles. The van der Waals surface area contributed by atoms with Crippen molar-refractivity contribution in [2.75, 3.05) is 6.61 Å². The van der Waals surface area contributed by atoms with Gasteiger partial charge in [-0.05, 0) is 26.0 Å². The summed E-state index contributed by atoms with van der Waals surface area (Å²) < 4.78 is 10.0. The van der Waals surface area contributed by atoms with Crippen LogP contribution in [0, 0.1) is 10.1 Å². The molecule has 20 heavy (non-hydrogen) atoms. The van der Waals surface area contributed by atoms with Crippen molar-refractivity contribution in [2.24, 2.45) is 0 Å². The van der Waals surface area contributed by atoms with Gasteiger partial charge in [0.25, 0.3) is 11.3 Å². The molecule has 0 spiro atoms. The van der Waals surface area contributed by atoms with Crippen LogP contribution in [-0.4, -0.2) is 35.0 Å².